The molecule has 132 valence electrons. The van der Waals surface area contributed by atoms with Crippen molar-refractivity contribution in [1.29, 1.82) is 0 Å². The Morgan fingerprint density at radius 2 is 1.92 bits per heavy atom. The monoisotopic (exact) mass is 350 g/mol. The van der Waals surface area contributed by atoms with E-state index in [2.05, 4.69) is 20.1 Å². The molecule has 0 aliphatic carbocycles. The molecule has 2 aromatic carbocycles. The highest BCUT2D eigenvalue weighted by molar-refractivity contribution is 6.04. The lowest BCUT2D eigenvalue weighted by atomic mass is 10.1. The van der Waals surface area contributed by atoms with Crippen LogP contribution in [0, 0.1) is 12.7 Å². The zero-order valence-electron chi connectivity index (χ0n) is 14.5. The average Bonchev–Trinajstić information content (AvgIpc) is 3.09. The standard InChI is InChI=1S/C20H19FN4O/c1-13-5-6-15(12-17(13)21)20(26)22-16-9-7-14(8-10-16)19-24-23-18-4-2-3-11-25(18)19/h5-10,12H,2-4,11H2,1H3,(H,22,26). The molecule has 1 N–H and O–H groups in total. The molecule has 0 bridgehead atoms. The van der Waals surface area contributed by atoms with Crippen molar-refractivity contribution in [1.82, 2.24) is 14.8 Å². The van der Waals surface area contributed by atoms with Gasteiger partial charge in [0.15, 0.2) is 5.82 Å². The molecular formula is C20H19FN4O. The Morgan fingerprint density at radius 3 is 2.69 bits per heavy atom. The molecule has 0 saturated heterocycles. The summed E-state index contributed by atoms with van der Waals surface area (Å²) in [6, 6.07) is 11.9. The maximum atomic E-state index is 13.6. The van der Waals surface area contributed by atoms with Gasteiger partial charge in [0.2, 0.25) is 0 Å². The van der Waals surface area contributed by atoms with E-state index in [0.29, 0.717) is 16.8 Å². The van der Waals surface area contributed by atoms with Crippen LogP contribution >= 0.6 is 0 Å². The van der Waals surface area contributed by atoms with Gasteiger partial charge in [-0.3, -0.25) is 4.79 Å². The van der Waals surface area contributed by atoms with Crippen molar-refractivity contribution in [2.24, 2.45) is 0 Å². The molecule has 0 radical (unpaired) electrons. The van der Waals surface area contributed by atoms with Crippen molar-refractivity contribution < 1.29 is 9.18 Å². The summed E-state index contributed by atoms with van der Waals surface area (Å²) in [7, 11) is 0. The number of aromatic nitrogens is 3. The summed E-state index contributed by atoms with van der Waals surface area (Å²) in [4.78, 5) is 12.3. The first-order chi connectivity index (χ1) is 12.6. The summed E-state index contributed by atoms with van der Waals surface area (Å²) in [5.41, 5.74) is 2.43. The second-order valence-corrected chi connectivity index (χ2v) is 6.54. The molecule has 1 aliphatic heterocycles. The summed E-state index contributed by atoms with van der Waals surface area (Å²) in [5.74, 6) is 1.17. The van der Waals surface area contributed by atoms with Gasteiger partial charge in [0.05, 0.1) is 0 Å². The summed E-state index contributed by atoms with van der Waals surface area (Å²) in [6.45, 7) is 2.61. The Balaban J connectivity index is 1.52. The number of hydrogen-bond acceptors (Lipinski definition) is 3. The summed E-state index contributed by atoms with van der Waals surface area (Å²) >= 11 is 0. The van der Waals surface area contributed by atoms with Gasteiger partial charge in [-0.05, 0) is 61.7 Å². The van der Waals surface area contributed by atoms with Crippen LogP contribution in [-0.4, -0.2) is 20.7 Å². The lowest BCUT2D eigenvalue weighted by molar-refractivity contribution is 0.102. The van der Waals surface area contributed by atoms with E-state index in [1.807, 2.05) is 24.3 Å². The first-order valence-corrected chi connectivity index (χ1v) is 8.72. The average molecular weight is 350 g/mol. The second kappa shape index (κ2) is 6.71. The van der Waals surface area contributed by atoms with Crippen LogP contribution in [0.15, 0.2) is 42.5 Å². The van der Waals surface area contributed by atoms with E-state index in [9.17, 15) is 9.18 Å². The minimum atomic E-state index is -0.385. The number of amides is 1. The number of halogens is 1. The lowest BCUT2D eigenvalue weighted by Gasteiger charge is -2.14. The predicted molar refractivity (Wildman–Crippen MR) is 97.5 cm³/mol. The fraction of sp³-hybridized carbons (Fsp3) is 0.250. The van der Waals surface area contributed by atoms with Crippen molar-refractivity contribution in [2.45, 2.75) is 32.7 Å². The molecule has 1 aromatic heterocycles. The molecule has 0 unspecified atom stereocenters. The molecule has 6 heteroatoms. The summed E-state index contributed by atoms with van der Waals surface area (Å²) in [6.07, 6.45) is 3.26. The molecule has 0 atom stereocenters. The maximum absolute atomic E-state index is 13.6. The quantitative estimate of drug-likeness (QED) is 0.777. The zero-order valence-corrected chi connectivity index (χ0v) is 14.5. The maximum Gasteiger partial charge on any atom is 0.255 e. The van der Waals surface area contributed by atoms with Crippen LogP contribution in [0.25, 0.3) is 11.4 Å². The van der Waals surface area contributed by atoms with Gasteiger partial charge in [0, 0.05) is 29.8 Å². The minimum absolute atomic E-state index is 0.295. The highest BCUT2D eigenvalue weighted by atomic mass is 19.1. The zero-order chi connectivity index (χ0) is 18.1. The van der Waals surface area contributed by atoms with Crippen molar-refractivity contribution in [3.8, 4) is 11.4 Å². The number of carbonyl (C=O) groups excluding carboxylic acids is 1. The number of hydrogen-bond donors (Lipinski definition) is 1. The van der Waals surface area contributed by atoms with Crippen LogP contribution in [-0.2, 0) is 13.0 Å². The Bertz CT molecular complexity index is 962. The van der Waals surface area contributed by atoms with Crippen LogP contribution in [0.2, 0.25) is 0 Å². The molecule has 4 rings (SSSR count). The van der Waals surface area contributed by atoms with Gasteiger partial charge in [-0.1, -0.05) is 6.07 Å². The van der Waals surface area contributed by atoms with Crippen LogP contribution in [0.1, 0.15) is 34.6 Å². The fourth-order valence-electron chi connectivity index (χ4n) is 3.16. The fourth-order valence-corrected chi connectivity index (χ4v) is 3.16. The van der Waals surface area contributed by atoms with E-state index in [1.54, 1.807) is 19.1 Å². The molecule has 26 heavy (non-hydrogen) atoms. The summed E-state index contributed by atoms with van der Waals surface area (Å²) in [5, 5.41) is 11.4. The SMILES string of the molecule is Cc1ccc(C(=O)Nc2ccc(-c3nnc4n3CCCC4)cc2)cc1F. The van der Waals surface area contributed by atoms with Crippen molar-refractivity contribution >= 4 is 11.6 Å². The van der Waals surface area contributed by atoms with E-state index < -0.39 is 0 Å². The van der Waals surface area contributed by atoms with Crippen LogP contribution in [0.3, 0.4) is 0 Å². The number of anilines is 1. The molecule has 0 spiro atoms. The normalized spacial score (nSPS) is 13.3. The number of fused-ring (bicyclic) bond motifs is 1. The number of rotatable bonds is 3. The van der Waals surface area contributed by atoms with Gasteiger partial charge in [0.25, 0.3) is 5.91 Å². The highest BCUT2D eigenvalue weighted by Gasteiger charge is 2.17. The van der Waals surface area contributed by atoms with Gasteiger partial charge < -0.3 is 9.88 Å². The van der Waals surface area contributed by atoms with Crippen molar-refractivity contribution in [3.63, 3.8) is 0 Å². The lowest BCUT2D eigenvalue weighted by Crippen LogP contribution is -2.12. The number of aryl methyl sites for hydroxylation is 2. The predicted octanol–water partition coefficient (Wildman–Crippen LogP) is 3.98. The van der Waals surface area contributed by atoms with Crippen LogP contribution in [0.5, 0.6) is 0 Å². The van der Waals surface area contributed by atoms with Gasteiger partial charge in [-0.15, -0.1) is 10.2 Å². The smallest absolute Gasteiger partial charge is 0.255 e. The molecule has 0 saturated carbocycles. The molecule has 1 amide bonds. The van der Waals surface area contributed by atoms with E-state index in [1.165, 1.54) is 6.07 Å². The third kappa shape index (κ3) is 3.10. The molecule has 2 heterocycles. The van der Waals surface area contributed by atoms with Gasteiger partial charge in [-0.2, -0.15) is 0 Å². The third-order valence-electron chi connectivity index (χ3n) is 4.69. The number of benzene rings is 2. The number of carbonyl (C=O) groups is 1. The molecule has 0 fully saturated rings. The Labute approximate surface area is 150 Å². The Hall–Kier alpha value is -3.02. The largest absolute Gasteiger partial charge is 0.322 e. The van der Waals surface area contributed by atoms with Crippen molar-refractivity contribution in [3.05, 3.63) is 65.2 Å². The Morgan fingerprint density at radius 1 is 1.12 bits per heavy atom. The van der Waals surface area contributed by atoms with Gasteiger partial charge in [0.1, 0.15) is 11.6 Å². The van der Waals surface area contributed by atoms with Crippen LogP contribution < -0.4 is 5.32 Å². The highest BCUT2D eigenvalue weighted by Crippen LogP contribution is 2.24. The molecule has 1 aliphatic rings. The number of nitrogens with zero attached hydrogens (tertiary/aromatic N) is 3. The van der Waals surface area contributed by atoms with Gasteiger partial charge in [-0.25, -0.2) is 4.39 Å². The number of nitrogens with one attached hydrogen (secondary N) is 1. The first kappa shape index (κ1) is 16.4. The first-order valence-electron chi connectivity index (χ1n) is 8.72. The minimum Gasteiger partial charge on any atom is -0.322 e. The second-order valence-electron chi connectivity index (χ2n) is 6.54. The molecular weight excluding hydrogens is 331 g/mol. The van der Waals surface area contributed by atoms with Crippen molar-refractivity contribution in [2.75, 3.05) is 5.32 Å². The van der Waals surface area contributed by atoms with E-state index in [4.69, 9.17) is 0 Å². The van der Waals surface area contributed by atoms with E-state index in [0.717, 1.165) is 43.0 Å². The topological polar surface area (TPSA) is 59.8 Å². The van der Waals surface area contributed by atoms with Crippen LogP contribution in [0.4, 0.5) is 10.1 Å². The molecule has 5 nitrogen and oxygen atoms in total. The van der Waals surface area contributed by atoms with E-state index >= 15 is 0 Å². The summed E-state index contributed by atoms with van der Waals surface area (Å²) < 4.78 is 15.8. The molecule has 3 aromatic rings. The Kier molecular flexibility index (Phi) is 4.24. The third-order valence-corrected chi connectivity index (χ3v) is 4.69. The van der Waals surface area contributed by atoms with E-state index in [-0.39, 0.29) is 11.7 Å². The van der Waals surface area contributed by atoms with Gasteiger partial charge >= 0.3 is 0 Å².